The molecule has 4 nitrogen and oxygen atoms in total. The number of epoxide rings is 1. The summed E-state index contributed by atoms with van der Waals surface area (Å²) in [7, 11) is 0. The van der Waals surface area contributed by atoms with Gasteiger partial charge in [-0.3, -0.25) is 0 Å². The minimum absolute atomic E-state index is 0.0904. The fourth-order valence-electron chi connectivity index (χ4n) is 3.02. The van der Waals surface area contributed by atoms with Gasteiger partial charge in [-0.2, -0.15) is 0 Å². The summed E-state index contributed by atoms with van der Waals surface area (Å²) in [5.41, 5.74) is -0.358. The van der Waals surface area contributed by atoms with Gasteiger partial charge in [-0.05, 0) is 12.8 Å². The first-order valence-corrected chi connectivity index (χ1v) is 7.76. The van der Waals surface area contributed by atoms with Crippen molar-refractivity contribution >= 4 is 0 Å². The highest BCUT2D eigenvalue weighted by molar-refractivity contribution is 5.16. The number of hydrogen-bond acceptors (Lipinski definition) is 4. The predicted octanol–water partition coefficient (Wildman–Crippen LogP) is 2.14. The van der Waals surface area contributed by atoms with Crippen LogP contribution < -0.4 is 0 Å². The van der Waals surface area contributed by atoms with Crippen LogP contribution in [0.3, 0.4) is 0 Å². The Morgan fingerprint density at radius 3 is 2.63 bits per heavy atom. The molecule has 0 aromatic heterocycles. The molecule has 0 aromatic rings. The maximum Gasteiger partial charge on any atom is 0.125 e. The molecule has 0 aromatic carbocycles. The lowest BCUT2D eigenvalue weighted by atomic mass is 9.95. The van der Waals surface area contributed by atoms with Gasteiger partial charge >= 0.3 is 0 Å². The molecule has 19 heavy (non-hydrogen) atoms. The minimum atomic E-state index is -0.358. The third-order valence-electron chi connectivity index (χ3n) is 4.39. The van der Waals surface area contributed by atoms with Crippen LogP contribution in [0.1, 0.15) is 46.0 Å². The lowest BCUT2D eigenvalue weighted by Crippen LogP contribution is -2.37. The number of aliphatic hydroxyl groups is 1. The molecule has 0 spiro atoms. The average molecular weight is 272 g/mol. The summed E-state index contributed by atoms with van der Waals surface area (Å²) < 4.78 is 17.4. The standard InChI is InChI=1S/C15H28O4/c1-3-5-7-17-10-12-13(18-8-6-4-2)9-14-15(12,11-16)19-14/h12-14,16H,3-11H2,1-2H3/t12-,13+,14-,15+/m1/s1. The zero-order chi connectivity index (χ0) is 13.7. The van der Waals surface area contributed by atoms with Crippen molar-refractivity contribution in [3.63, 3.8) is 0 Å². The van der Waals surface area contributed by atoms with E-state index in [0.29, 0.717) is 6.61 Å². The second-order valence-electron chi connectivity index (χ2n) is 5.75. The summed E-state index contributed by atoms with van der Waals surface area (Å²) in [4.78, 5) is 0. The monoisotopic (exact) mass is 272 g/mol. The molecule has 2 rings (SSSR count). The van der Waals surface area contributed by atoms with Gasteiger partial charge in [-0.25, -0.2) is 0 Å². The average Bonchev–Trinajstić information content (AvgIpc) is 3.05. The summed E-state index contributed by atoms with van der Waals surface area (Å²) >= 11 is 0. The van der Waals surface area contributed by atoms with Gasteiger partial charge in [0.05, 0.1) is 25.4 Å². The van der Waals surface area contributed by atoms with Crippen LogP contribution >= 0.6 is 0 Å². The summed E-state index contributed by atoms with van der Waals surface area (Å²) in [5.74, 6) is 0.191. The van der Waals surface area contributed by atoms with E-state index in [-0.39, 0.29) is 30.3 Å². The minimum Gasteiger partial charge on any atom is -0.393 e. The molecule has 1 N–H and O–H groups in total. The van der Waals surface area contributed by atoms with Gasteiger partial charge in [0.2, 0.25) is 0 Å². The van der Waals surface area contributed by atoms with Crippen LogP contribution in [-0.2, 0) is 14.2 Å². The van der Waals surface area contributed by atoms with Crippen LogP contribution in [-0.4, -0.2) is 49.3 Å². The van der Waals surface area contributed by atoms with Crippen molar-refractivity contribution < 1.29 is 19.3 Å². The van der Waals surface area contributed by atoms with Crippen molar-refractivity contribution in [1.29, 1.82) is 0 Å². The molecule has 1 saturated carbocycles. The van der Waals surface area contributed by atoms with E-state index in [1.54, 1.807) is 0 Å². The van der Waals surface area contributed by atoms with E-state index in [2.05, 4.69) is 13.8 Å². The lowest BCUT2D eigenvalue weighted by molar-refractivity contribution is -0.0616. The third kappa shape index (κ3) is 3.30. The van der Waals surface area contributed by atoms with Crippen LogP contribution in [0.25, 0.3) is 0 Å². The Bertz CT molecular complexity index is 267. The second kappa shape index (κ2) is 7.02. The van der Waals surface area contributed by atoms with Gasteiger partial charge in [0, 0.05) is 25.6 Å². The van der Waals surface area contributed by atoms with Gasteiger partial charge in [-0.15, -0.1) is 0 Å². The number of hydrogen-bond donors (Lipinski definition) is 1. The van der Waals surface area contributed by atoms with Crippen molar-refractivity contribution in [2.24, 2.45) is 5.92 Å². The SMILES string of the molecule is CCCCOC[C@@H]1[C@@H](OCCCC)C[C@H]2O[C@@]12CO. The van der Waals surface area contributed by atoms with Crippen molar-refractivity contribution in [2.45, 2.75) is 63.8 Å². The Kier molecular flexibility index (Phi) is 5.63. The van der Waals surface area contributed by atoms with E-state index in [1.165, 1.54) is 0 Å². The summed E-state index contributed by atoms with van der Waals surface area (Å²) in [6.45, 7) is 6.66. The molecular weight excluding hydrogens is 244 g/mol. The zero-order valence-electron chi connectivity index (χ0n) is 12.3. The second-order valence-corrected chi connectivity index (χ2v) is 5.75. The summed E-state index contributed by atoms with van der Waals surface area (Å²) in [5, 5.41) is 9.59. The highest BCUT2D eigenvalue weighted by Crippen LogP contribution is 2.54. The number of unbranched alkanes of at least 4 members (excludes halogenated alkanes) is 2. The van der Waals surface area contributed by atoms with Gasteiger partial charge in [0.15, 0.2) is 0 Å². The quantitative estimate of drug-likeness (QED) is 0.489. The van der Waals surface area contributed by atoms with E-state index in [4.69, 9.17) is 14.2 Å². The highest BCUT2D eigenvalue weighted by atomic mass is 16.6. The molecule has 2 aliphatic rings. The van der Waals surface area contributed by atoms with Gasteiger partial charge in [0.25, 0.3) is 0 Å². The fourth-order valence-corrected chi connectivity index (χ4v) is 3.02. The van der Waals surface area contributed by atoms with E-state index < -0.39 is 0 Å². The Hall–Kier alpha value is -0.160. The van der Waals surface area contributed by atoms with Crippen molar-refractivity contribution in [3.8, 4) is 0 Å². The first-order valence-electron chi connectivity index (χ1n) is 7.76. The Labute approximate surface area is 116 Å². The van der Waals surface area contributed by atoms with Gasteiger partial charge in [-0.1, -0.05) is 26.7 Å². The molecular formula is C15H28O4. The van der Waals surface area contributed by atoms with Crippen molar-refractivity contribution in [1.82, 2.24) is 0 Å². The Morgan fingerprint density at radius 2 is 1.95 bits per heavy atom. The normalized spacial score (nSPS) is 36.5. The van der Waals surface area contributed by atoms with Crippen LogP contribution in [0.5, 0.6) is 0 Å². The van der Waals surface area contributed by atoms with Gasteiger partial charge in [0.1, 0.15) is 5.60 Å². The Morgan fingerprint density at radius 1 is 1.21 bits per heavy atom. The van der Waals surface area contributed by atoms with Crippen molar-refractivity contribution in [3.05, 3.63) is 0 Å². The fraction of sp³-hybridized carbons (Fsp3) is 1.00. The molecule has 112 valence electrons. The molecule has 4 atom stereocenters. The smallest absolute Gasteiger partial charge is 0.125 e. The number of fused-ring (bicyclic) bond motifs is 1. The summed E-state index contributed by atoms with van der Waals surface area (Å²) in [6, 6.07) is 0. The molecule has 0 unspecified atom stereocenters. The number of rotatable bonds is 10. The first-order chi connectivity index (χ1) is 9.28. The molecule has 4 heteroatoms. The van der Waals surface area contributed by atoms with E-state index in [1.807, 2.05) is 0 Å². The van der Waals surface area contributed by atoms with E-state index in [9.17, 15) is 5.11 Å². The number of aliphatic hydroxyl groups excluding tert-OH is 1. The van der Waals surface area contributed by atoms with Crippen LogP contribution in [0.15, 0.2) is 0 Å². The van der Waals surface area contributed by atoms with Crippen LogP contribution in [0.4, 0.5) is 0 Å². The molecule has 0 bridgehead atoms. The van der Waals surface area contributed by atoms with E-state index >= 15 is 0 Å². The van der Waals surface area contributed by atoms with E-state index in [0.717, 1.165) is 45.3 Å². The maximum absolute atomic E-state index is 9.59. The molecule has 1 saturated heterocycles. The molecule has 2 fully saturated rings. The highest BCUT2D eigenvalue weighted by Gasteiger charge is 2.68. The number of ether oxygens (including phenoxy) is 3. The lowest BCUT2D eigenvalue weighted by Gasteiger charge is -2.26. The predicted molar refractivity (Wildman–Crippen MR) is 73.2 cm³/mol. The maximum atomic E-state index is 9.59. The topological polar surface area (TPSA) is 51.2 Å². The zero-order valence-corrected chi connectivity index (χ0v) is 12.3. The molecule has 0 amide bonds. The van der Waals surface area contributed by atoms with Crippen molar-refractivity contribution in [2.75, 3.05) is 26.4 Å². The molecule has 0 radical (unpaired) electrons. The molecule has 1 aliphatic heterocycles. The molecule has 1 aliphatic carbocycles. The molecule has 1 heterocycles. The van der Waals surface area contributed by atoms with Crippen LogP contribution in [0, 0.1) is 5.92 Å². The Balaban J connectivity index is 1.81. The first kappa shape index (κ1) is 15.2. The third-order valence-corrected chi connectivity index (χ3v) is 4.39. The largest absolute Gasteiger partial charge is 0.393 e. The summed E-state index contributed by atoms with van der Waals surface area (Å²) in [6.07, 6.45) is 5.76. The van der Waals surface area contributed by atoms with Crippen LogP contribution in [0.2, 0.25) is 0 Å². The van der Waals surface area contributed by atoms with Gasteiger partial charge < -0.3 is 19.3 Å².